The average Bonchev–Trinajstić information content (AvgIpc) is 2.89. The molecule has 1 saturated heterocycles. The highest BCUT2D eigenvalue weighted by molar-refractivity contribution is 5.28. The summed E-state index contributed by atoms with van der Waals surface area (Å²) < 4.78 is 23.6. The summed E-state index contributed by atoms with van der Waals surface area (Å²) in [4.78, 5) is 0. The minimum absolute atomic E-state index is 0.0207. The van der Waals surface area contributed by atoms with Gasteiger partial charge in [0.15, 0.2) is 0 Å². The Morgan fingerprint density at radius 2 is 1.25 bits per heavy atom. The van der Waals surface area contributed by atoms with Crippen LogP contribution in [-0.2, 0) is 34.0 Å². The summed E-state index contributed by atoms with van der Waals surface area (Å²) in [5.74, 6) is 0.707. The molecule has 1 fully saturated rings. The highest BCUT2D eigenvalue weighted by Gasteiger charge is 2.46. The van der Waals surface area contributed by atoms with Gasteiger partial charge in [-0.25, -0.2) is 0 Å². The second-order valence-corrected chi connectivity index (χ2v) is 8.57. The van der Waals surface area contributed by atoms with Crippen LogP contribution in [0, 0.1) is 0 Å². The van der Waals surface area contributed by atoms with E-state index in [1.165, 1.54) is 12.1 Å². The van der Waals surface area contributed by atoms with Gasteiger partial charge in [-0.15, -0.1) is 0 Å². The lowest BCUT2D eigenvalue weighted by Gasteiger charge is -2.42. The van der Waals surface area contributed by atoms with Crippen molar-refractivity contribution in [1.82, 2.24) is 0 Å². The molecule has 1 aliphatic heterocycles. The molecule has 1 heterocycles. The van der Waals surface area contributed by atoms with E-state index in [-0.39, 0.29) is 37.9 Å². The van der Waals surface area contributed by atoms with Crippen molar-refractivity contribution in [2.24, 2.45) is 0 Å². The van der Waals surface area contributed by atoms with Gasteiger partial charge in [-0.2, -0.15) is 0 Å². The fourth-order valence-corrected chi connectivity index (χ4v) is 3.79. The van der Waals surface area contributed by atoms with Crippen LogP contribution in [0.25, 0.3) is 0 Å². The van der Waals surface area contributed by atoms with E-state index in [1.807, 2.05) is 0 Å². The van der Waals surface area contributed by atoms with Crippen molar-refractivity contribution in [3.8, 4) is 17.2 Å². The topological polar surface area (TPSA) is 138 Å². The first-order valence-corrected chi connectivity index (χ1v) is 11.6. The van der Waals surface area contributed by atoms with Crippen LogP contribution in [0.3, 0.4) is 0 Å². The standard InChI is InChI=1S/C27H30O9/c28-13-17-5-11-22(12-6-17)35-27-26(34-15-19-3-9-21(30)10-4-19)25(32)24(31)23(36-27)16-33-14-18-1-7-20(29)8-2-18/h1-12,23-32H,13-16H2/t23-,24-,25+,26-,27-/m1/s1. The quantitative estimate of drug-likeness (QED) is 0.285. The number of ether oxygens (including phenoxy) is 4. The minimum atomic E-state index is -1.33. The summed E-state index contributed by atoms with van der Waals surface area (Å²) in [6.07, 6.45) is -5.62. The molecule has 0 spiro atoms. The Bertz CT molecular complexity index is 1070. The van der Waals surface area contributed by atoms with Gasteiger partial charge in [0.1, 0.15) is 41.7 Å². The first-order chi connectivity index (χ1) is 17.4. The van der Waals surface area contributed by atoms with Gasteiger partial charge in [0.05, 0.1) is 26.4 Å². The van der Waals surface area contributed by atoms with E-state index in [0.717, 1.165) is 11.1 Å². The molecule has 5 N–H and O–H groups in total. The van der Waals surface area contributed by atoms with E-state index in [0.29, 0.717) is 11.3 Å². The molecule has 1 aliphatic rings. The summed E-state index contributed by atoms with van der Waals surface area (Å²) in [7, 11) is 0. The molecule has 9 heteroatoms. The molecular formula is C27H30O9. The second kappa shape index (κ2) is 12.2. The Morgan fingerprint density at radius 3 is 1.83 bits per heavy atom. The molecule has 0 saturated carbocycles. The predicted octanol–water partition coefficient (Wildman–Crippen LogP) is 2.22. The Kier molecular flexibility index (Phi) is 8.76. The van der Waals surface area contributed by atoms with E-state index in [1.54, 1.807) is 60.7 Å². The maximum Gasteiger partial charge on any atom is 0.229 e. The highest BCUT2D eigenvalue weighted by atomic mass is 16.7. The number of aromatic hydroxyl groups is 2. The SMILES string of the molecule is OCc1ccc(O[C@@H]2O[C@H](COCc3ccc(O)cc3)[C@@H](O)[C@H](O)[C@H]2OCc2ccc(O)cc2)cc1. The van der Waals surface area contributed by atoms with Crippen LogP contribution in [0.5, 0.6) is 17.2 Å². The summed E-state index contributed by atoms with van der Waals surface area (Å²) in [5.41, 5.74) is 2.29. The van der Waals surface area contributed by atoms with Gasteiger partial charge in [0.25, 0.3) is 0 Å². The normalized spacial score (nSPS) is 23.9. The number of aliphatic hydroxyl groups is 3. The molecule has 3 aromatic rings. The predicted molar refractivity (Wildman–Crippen MR) is 128 cm³/mol. The third-order valence-electron chi connectivity index (χ3n) is 5.87. The maximum absolute atomic E-state index is 10.9. The summed E-state index contributed by atoms with van der Waals surface area (Å²) in [6.45, 7) is 0.179. The molecule has 4 rings (SSSR count). The molecule has 5 atom stereocenters. The van der Waals surface area contributed by atoms with Crippen LogP contribution in [0.1, 0.15) is 16.7 Å². The molecule has 0 unspecified atom stereocenters. The van der Waals surface area contributed by atoms with E-state index in [2.05, 4.69) is 0 Å². The van der Waals surface area contributed by atoms with E-state index >= 15 is 0 Å². The van der Waals surface area contributed by atoms with Crippen LogP contribution in [0.15, 0.2) is 72.8 Å². The van der Waals surface area contributed by atoms with Gasteiger partial charge in [0.2, 0.25) is 6.29 Å². The maximum atomic E-state index is 10.9. The van der Waals surface area contributed by atoms with Crippen LogP contribution >= 0.6 is 0 Å². The number of phenols is 2. The van der Waals surface area contributed by atoms with Crippen LogP contribution < -0.4 is 4.74 Å². The first kappa shape index (κ1) is 25.9. The molecule has 9 nitrogen and oxygen atoms in total. The number of hydrogen-bond donors (Lipinski definition) is 5. The lowest BCUT2D eigenvalue weighted by Crippen LogP contribution is -2.61. The zero-order valence-corrected chi connectivity index (χ0v) is 19.5. The Labute approximate surface area is 208 Å². The fraction of sp³-hybridized carbons (Fsp3) is 0.333. The fourth-order valence-electron chi connectivity index (χ4n) is 3.79. The number of phenolic OH excluding ortho intramolecular Hbond substituents is 2. The molecule has 0 bridgehead atoms. The minimum Gasteiger partial charge on any atom is -0.508 e. The van der Waals surface area contributed by atoms with Crippen LogP contribution in [-0.4, -0.2) is 62.8 Å². The first-order valence-electron chi connectivity index (χ1n) is 11.6. The van der Waals surface area contributed by atoms with Gasteiger partial charge in [0, 0.05) is 0 Å². The Balaban J connectivity index is 1.44. The molecule has 3 aromatic carbocycles. The van der Waals surface area contributed by atoms with Gasteiger partial charge < -0.3 is 44.5 Å². The zero-order chi connectivity index (χ0) is 25.5. The monoisotopic (exact) mass is 498 g/mol. The molecule has 0 aliphatic carbocycles. The van der Waals surface area contributed by atoms with E-state index in [4.69, 9.17) is 18.9 Å². The van der Waals surface area contributed by atoms with Crippen molar-refractivity contribution in [3.05, 3.63) is 89.5 Å². The van der Waals surface area contributed by atoms with E-state index < -0.39 is 30.7 Å². The lowest BCUT2D eigenvalue weighted by molar-refractivity contribution is -0.292. The summed E-state index contributed by atoms with van der Waals surface area (Å²) >= 11 is 0. The number of hydrogen-bond acceptors (Lipinski definition) is 9. The molecule has 192 valence electrons. The molecular weight excluding hydrogens is 468 g/mol. The zero-order valence-electron chi connectivity index (χ0n) is 19.5. The van der Waals surface area contributed by atoms with Gasteiger partial charge in [-0.1, -0.05) is 36.4 Å². The van der Waals surface area contributed by atoms with Crippen molar-refractivity contribution in [3.63, 3.8) is 0 Å². The Morgan fingerprint density at radius 1 is 0.694 bits per heavy atom. The number of benzene rings is 3. The van der Waals surface area contributed by atoms with Crippen molar-refractivity contribution >= 4 is 0 Å². The van der Waals surface area contributed by atoms with Crippen molar-refractivity contribution in [2.45, 2.75) is 50.5 Å². The third-order valence-corrected chi connectivity index (χ3v) is 5.87. The smallest absolute Gasteiger partial charge is 0.229 e. The van der Waals surface area contributed by atoms with Gasteiger partial charge in [-0.05, 0) is 53.1 Å². The average molecular weight is 499 g/mol. The van der Waals surface area contributed by atoms with Crippen LogP contribution in [0.4, 0.5) is 0 Å². The Hall–Kier alpha value is -3.18. The summed E-state index contributed by atoms with van der Waals surface area (Å²) in [5, 5.41) is 49.8. The van der Waals surface area contributed by atoms with Crippen LogP contribution in [0.2, 0.25) is 0 Å². The van der Waals surface area contributed by atoms with E-state index in [9.17, 15) is 25.5 Å². The lowest BCUT2D eigenvalue weighted by atomic mass is 9.99. The molecule has 0 radical (unpaired) electrons. The van der Waals surface area contributed by atoms with Gasteiger partial charge in [-0.3, -0.25) is 0 Å². The van der Waals surface area contributed by atoms with Crippen molar-refractivity contribution in [1.29, 1.82) is 0 Å². The number of aliphatic hydroxyl groups excluding tert-OH is 3. The third kappa shape index (κ3) is 6.73. The second-order valence-electron chi connectivity index (χ2n) is 8.57. The highest BCUT2D eigenvalue weighted by Crippen LogP contribution is 2.28. The summed E-state index contributed by atoms with van der Waals surface area (Å²) in [6, 6.07) is 19.7. The molecule has 36 heavy (non-hydrogen) atoms. The van der Waals surface area contributed by atoms with Crippen molar-refractivity contribution < 1.29 is 44.5 Å². The van der Waals surface area contributed by atoms with Crippen molar-refractivity contribution in [2.75, 3.05) is 6.61 Å². The van der Waals surface area contributed by atoms with Gasteiger partial charge >= 0.3 is 0 Å². The largest absolute Gasteiger partial charge is 0.508 e. The molecule has 0 amide bonds. The number of rotatable bonds is 10. The molecule has 0 aromatic heterocycles.